The van der Waals surface area contributed by atoms with Crippen LogP contribution in [0.15, 0.2) is 61.2 Å². The quantitative estimate of drug-likeness (QED) is 0.135. The molecule has 1 aliphatic heterocycles. The van der Waals surface area contributed by atoms with Crippen molar-refractivity contribution in [3.8, 4) is 33.8 Å². The lowest BCUT2D eigenvalue weighted by atomic mass is 9.96. The van der Waals surface area contributed by atoms with E-state index in [-0.39, 0.29) is 17.7 Å². The average molecular weight is 819 g/mol. The summed E-state index contributed by atoms with van der Waals surface area (Å²) in [6.07, 6.45) is 7.05. The van der Waals surface area contributed by atoms with E-state index < -0.39 is 0 Å². The second kappa shape index (κ2) is 18.6. The van der Waals surface area contributed by atoms with Crippen LogP contribution in [0.5, 0.6) is 11.5 Å². The molecule has 0 aliphatic carbocycles. The molecule has 6 aromatic rings. The molecular weight excluding hydrogens is 761 g/mol. The van der Waals surface area contributed by atoms with Gasteiger partial charge in [0.15, 0.2) is 0 Å². The summed E-state index contributed by atoms with van der Waals surface area (Å²) in [6, 6.07) is 11.8. The number of aromatic nitrogens is 4. The highest BCUT2D eigenvalue weighted by molar-refractivity contribution is 6.10. The van der Waals surface area contributed by atoms with E-state index in [4.69, 9.17) is 14.2 Å². The second-order valence-electron chi connectivity index (χ2n) is 16.0. The minimum Gasteiger partial charge on any atom is -0.507 e. The van der Waals surface area contributed by atoms with Crippen molar-refractivity contribution < 1.29 is 28.9 Å². The number of aryl methyl sites for hydroxylation is 2. The molecule has 4 aromatic heterocycles. The molecule has 5 heterocycles. The molecule has 0 unspecified atom stereocenters. The minimum absolute atomic E-state index is 0.164. The van der Waals surface area contributed by atoms with Crippen molar-refractivity contribution in [1.29, 1.82) is 0 Å². The summed E-state index contributed by atoms with van der Waals surface area (Å²) in [5.74, 6) is 0.330. The summed E-state index contributed by atoms with van der Waals surface area (Å²) < 4.78 is 21.2. The molecule has 0 radical (unpaired) electrons. The SMILES string of the molecule is CCOC(=O)c1c(CN(C)C)n(C)c2cc(-c3cccnc3)c(O)c(CN(C)C)c12.CCOC(=O)c1c(CN(C)C)n(C)c2cc(-c3cccnc3)c3c(c12)CN(C)CO3. The molecule has 2 aromatic carbocycles. The van der Waals surface area contributed by atoms with Gasteiger partial charge in [0.2, 0.25) is 0 Å². The molecule has 0 saturated carbocycles. The van der Waals surface area contributed by atoms with Gasteiger partial charge in [-0.3, -0.25) is 14.9 Å². The van der Waals surface area contributed by atoms with Crippen molar-refractivity contribution in [3.05, 3.63) is 94.8 Å². The van der Waals surface area contributed by atoms with Gasteiger partial charge in [0.05, 0.1) is 35.4 Å². The first-order chi connectivity index (χ1) is 28.7. The van der Waals surface area contributed by atoms with Gasteiger partial charge in [-0.1, -0.05) is 12.1 Å². The molecule has 7 rings (SSSR count). The van der Waals surface area contributed by atoms with Gasteiger partial charge in [-0.05, 0) is 87.4 Å². The third-order valence-electron chi connectivity index (χ3n) is 10.5. The Morgan fingerprint density at radius 2 is 1.22 bits per heavy atom. The molecule has 60 heavy (non-hydrogen) atoms. The Kier molecular flexibility index (Phi) is 13.6. The maximum Gasteiger partial charge on any atom is 0.340 e. The Labute approximate surface area is 352 Å². The lowest BCUT2D eigenvalue weighted by Crippen LogP contribution is -2.28. The van der Waals surface area contributed by atoms with Crippen LogP contribution in [0.2, 0.25) is 0 Å². The van der Waals surface area contributed by atoms with E-state index in [9.17, 15) is 14.7 Å². The number of phenols is 1. The molecule has 318 valence electrons. The number of aromatic hydroxyl groups is 1. The molecule has 14 heteroatoms. The standard InChI is InChI=1S/C23H28N4O3.C23H30N4O3/c1-6-29-23(28)21-19(13-25(2)3)27(5)18-10-16(15-8-7-9-24-11-15)22-17(20(18)21)12-26(4)14-30-22;1-7-30-23(29)21-19(14-26(4)5)27(6)18-11-16(15-9-8-10-24-12-15)22(28)17(20(18)21)13-25(2)3/h7-11H,6,12-14H2,1-5H3;8-12,28H,7,13-14H2,1-6H3. The molecule has 0 spiro atoms. The maximum atomic E-state index is 13.1. The predicted molar refractivity (Wildman–Crippen MR) is 235 cm³/mol. The number of nitrogens with zero attached hydrogens (tertiary/aromatic N) is 8. The normalized spacial score (nSPS) is 12.8. The Bertz CT molecular complexity index is 2490. The number of benzene rings is 2. The fourth-order valence-corrected chi connectivity index (χ4v) is 7.99. The monoisotopic (exact) mass is 818 g/mol. The van der Waals surface area contributed by atoms with Gasteiger partial charge in [-0.25, -0.2) is 9.59 Å². The van der Waals surface area contributed by atoms with Crippen molar-refractivity contribution in [1.82, 2.24) is 38.7 Å². The highest BCUT2D eigenvalue weighted by Crippen LogP contribution is 2.45. The minimum atomic E-state index is -0.367. The van der Waals surface area contributed by atoms with Crippen molar-refractivity contribution >= 4 is 33.7 Å². The van der Waals surface area contributed by atoms with Crippen LogP contribution in [0.4, 0.5) is 0 Å². The van der Waals surface area contributed by atoms with Gasteiger partial charge in [-0.2, -0.15) is 0 Å². The molecule has 0 saturated heterocycles. The highest BCUT2D eigenvalue weighted by Gasteiger charge is 2.31. The summed E-state index contributed by atoms with van der Waals surface area (Å²) in [4.78, 5) is 42.7. The molecule has 0 atom stereocenters. The van der Waals surface area contributed by atoms with Crippen LogP contribution in [0, 0.1) is 0 Å². The number of rotatable bonds is 12. The summed E-state index contributed by atoms with van der Waals surface area (Å²) in [6.45, 7) is 7.14. The van der Waals surface area contributed by atoms with Crippen LogP contribution in [0.3, 0.4) is 0 Å². The van der Waals surface area contributed by atoms with Gasteiger partial charge in [-0.15, -0.1) is 0 Å². The zero-order chi connectivity index (χ0) is 43.4. The van der Waals surface area contributed by atoms with Crippen LogP contribution in [-0.2, 0) is 49.7 Å². The number of esters is 2. The van der Waals surface area contributed by atoms with E-state index >= 15 is 0 Å². The van der Waals surface area contributed by atoms with Crippen molar-refractivity contribution in [2.24, 2.45) is 14.1 Å². The van der Waals surface area contributed by atoms with Crippen LogP contribution in [-0.4, -0.2) is 125 Å². The van der Waals surface area contributed by atoms with Gasteiger partial charge in [0.25, 0.3) is 0 Å². The molecule has 0 amide bonds. The largest absolute Gasteiger partial charge is 0.507 e. The third kappa shape index (κ3) is 8.73. The molecule has 14 nitrogen and oxygen atoms in total. The Hall–Kier alpha value is -5.80. The van der Waals surface area contributed by atoms with E-state index in [1.165, 1.54) is 0 Å². The Balaban J connectivity index is 0.000000201. The molecule has 1 N–H and O–H groups in total. The van der Waals surface area contributed by atoms with Crippen LogP contribution < -0.4 is 4.74 Å². The molecule has 1 aliphatic rings. The Morgan fingerprint density at radius 3 is 1.70 bits per heavy atom. The summed E-state index contributed by atoms with van der Waals surface area (Å²) >= 11 is 0. The van der Waals surface area contributed by atoms with E-state index in [0.717, 1.165) is 61.2 Å². The van der Waals surface area contributed by atoms with Gasteiger partial charge in [0, 0.05) is 121 Å². The lowest BCUT2D eigenvalue weighted by Gasteiger charge is -2.28. The van der Waals surface area contributed by atoms with Crippen LogP contribution in [0.1, 0.15) is 57.1 Å². The van der Waals surface area contributed by atoms with Gasteiger partial charge in [0.1, 0.15) is 18.2 Å². The molecule has 0 bridgehead atoms. The lowest BCUT2D eigenvalue weighted by molar-refractivity contribution is 0.0516. The number of hydrogen-bond acceptors (Lipinski definition) is 12. The zero-order valence-electron chi connectivity index (χ0n) is 36.8. The predicted octanol–water partition coefficient (Wildman–Crippen LogP) is 6.51. The van der Waals surface area contributed by atoms with Crippen LogP contribution >= 0.6 is 0 Å². The number of pyridine rings is 2. The zero-order valence-corrected chi connectivity index (χ0v) is 36.8. The number of hydrogen-bond donors (Lipinski definition) is 1. The molecular formula is C46H58N8O6. The van der Waals surface area contributed by atoms with E-state index in [0.29, 0.717) is 68.4 Å². The highest BCUT2D eigenvalue weighted by atomic mass is 16.5. The third-order valence-corrected chi connectivity index (χ3v) is 10.5. The van der Waals surface area contributed by atoms with Crippen molar-refractivity contribution in [2.45, 2.75) is 40.0 Å². The first-order valence-corrected chi connectivity index (χ1v) is 20.1. The first-order valence-electron chi connectivity index (χ1n) is 20.1. The van der Waals surface area contributed by atoms with Crippen molar-refractivity contribution in [2.75, 3.05) is 69.3 Å². The summed E-state index contributed by atoms with van der Waals surface area (Å²) in [5, 5.41) is 12.9. The van der Waals surface area contributed by atoms with Gasteiger partial charge >= 0.3 is 11.9 Å². The van der Waals surface area contributed by atoms with E-state index in [1.807, 2.05) is 121 Å². The number of carbonyl (C=O) groups excluding carboxylic acids is 2. The van der Waals surface area contributed by atoms with E-state index in [1.54, 1.807) is 25.5 Å². The number of ether oxygens (including phenoxy) is 3. The average Bonchev–Trinajstić information content (AvgIpc) is 3.64. The number of carbonyl (C=O) groups is 2. The van der Waals surface area contributed by atoms with Gasteiger partial charge < -0.3 is 43.2 Å². The first kappa shape index (κ1) is 43.8. The van der Waals surface area contributed by atoms with E-state index in [2.05, 4.69) is 30.4 Å². The Morgan fingerprint density at radius 1 is 0.733 bits per heavy atom. The topological polar surface area (TPSA) is 131 Å². The smallest absolute Gasteiger partial charge is 0.340 e. The fourth-order valence-electron chi connectivity index (χ4n) is 7.99. The molecule has 0 fully saturated rings. The summed E-state index contributed by atoms with van der Waals surface area (Å²) in [5.41, 5.74) is 10.1. The number of phenolic OH excluding ortho intramolecular Hbond substituents is 1. The van der Waals surface area contributed by atoms with Crippen molar-refractivity contribution in [3.63, 3.8) is 0 Å². The number of fused-ring (bicyclic) bond motifs is 4. The van der Waals surface area contributed by atoms with Crippen LogP contribution in [0.25, 0.3) is 44.1 Å². The summed E-state index contributed by atoms with van der Waals surface area (Å²) in [7, 11) is 17.8. The maximum absolute atomic E-state index is 13.1. The fraction of sp³-hybridized carbons (Fsp3) is 0.391. The second-order valence-corrected chi connectivity index (χ2v) is 16.0.